The van der Waals surface area contributed by atoms with Gasteiger partial charge in [-0.15, -0.1) is 11.8 Å². The lowest BCUT2D eigenvalue weighted by Crippen LogP contribution is -2.51. The van der Waals surface area contributed by atoms with E-state index in [4.69, 9.17) is 0 Å². The SMILES string of the molecule is N#Cc1ccnc(-c2ccccc2N2CCN([C@@H]3CN[C@H](C(=O)N4CCSC4)C3)CC2)c1. The van der Waals surface area contributed by atoms with Gasteiger partial charge >= 0.3 is 0 Å². The number of amides is 1. The number of hydrogen-bond donors (Lipinski definition) is 1. The molecule has 1 aromatic carbocycles. The van der Waals surface area contributed by atoms with Gasteiger partial charge in [-0.3, -0.25) is 14.7 Å². The van der Waals surface area contributed by atoms with Gasteiger partial charge < -0.3 is 15.1 Å². The molecule has 1 aromatic heterocycles. The number of carbonyl (C=O) groups excluding carboxylic acids is 1. The second-order valence-corrected chi connectivity index (χ2v) is 9.65. The van der Waals surface area contributed by atoms with Crippen LogP contribution in [0.15, 0.2) is 42.6 Å². The molecule has 3 fully saturated rings. The van der Waals surface area contributed by atoms with E-state index in [1.165, 1.54) is 5.69 Å². The number of hydrogen-bond acceptors (Lipinski definition) is 7. The summed E-state index contributed by atoms with van der Waals surface area (Å²) in [7, 11) is 0. The predicted molar refractivity (Wildman–Crippen MR) is 127 cm³/mol. The number of rotatable bonds is 4. The fourth-order valence-electron chi connectivity index (χ4n) is 4.93. The zero-order valence-electron chi connectivity index (χ0n) is 18.1. The molecule has 3 aliphatic heterocycles. The van der Waals surface area contributed by atoms with Gasteiger partial charge in [0.25, 0.3) is 0 Å². The maximum Gasteiger partial charge on any atom is 0.240 e. The average Bonchev–Trinajstić information content (AvgIpc) is 3.57. The fraction of sp³-hybridized carbons (Fsp3) is 0.458. The molecule has 4 heterocycles. The molecule has 2 atom stereocenters. The highest BCUT2D eigenvalue weighted by molar-refractivity contribution is 7.99. The van der Waals surface area contributed by atoms with E-state index in [9.17, 15) is 10.1 Å². The Balaban J connectivity index is 1.22. The van der Waals surface area contributed by atoms with E-state index in [0.717, 1.165) is 68.6 Å². The van der Waals surface area contributed by atoms with Gasteiger partial charge in [0, 0.05) is 68.5 Å². The lowest BCUT2D eigenvalue weighted by atomic mass is 10.0. The molecule has 0 spiro atoms. The van der Waals surface area contributed by atoms with Crippen LogP contribution in [0, 0.1) is 11.3 Å². The molecule has 3 aliphatic rings. The Morgan fingerprint density at radius 3 is 2.78 bits per heavy atom. The van der Waals surface area contributed by atoms with Crippen LogP contribution in [0.2, 0.25) is 0 Å². The Morgan fingerprint density at radius 1 is 1.16 bits per heavy atom. The number of aromatic nitrogens is 1. The summed E-state index contributed by atoms with van der Waals surface area (Å²) in [6.07, 6.45) is 2.61. The Kier molecular flexibility index (Phi) is 6.30. The molecule has 8 heteroatoms. The minimum Gasteiger partial charge on any atom is -0.368 e. The summed E-state index contributed by atoms with van der Waals surface area (Å²) in [5.74, 6) is 2.17. The maximum absolute atomic E-state index is 12.7. The van der Waals surface area contributed by atoms with Crippen LogP contribution in [-0.2, 0) is 4.79 Å². The molecule has 0 unspecified atom stereocenters. The Bertz CT molecular complexity index is 1010. The van der Waals surface area contributed by atoms with E-state index in [0.29, 0.717) is 11.6 Å². The minimum atomic E-state index is -0.0315. The summed E-state index contributed by atoms with van der Waals surface area (Å²) >= 11 is 1.84. The fourth-order valence-corrected chi connectivity index (χ4v) is 5.89. The smallest absolute Gasteiger partial charge is 0.240 e. The van der Waals surface area contributed by atoms with Gasteiger partial charge in [0.2, 0.25) is 5.91 Å². The van der Waals surface area contributed by atoms with E-state index < -0.39 is 0 Å². The lowest BCUT2D eigenvalue weighted by molar-refractivity contribution is -0.131. The third-order valence-electron chi connectivity index (χ3n) is 6.71. The summed E-state index contributed by atoms with van der Waals surface area (Å²) in [5, 5.41) is 12.7. The molecular formula is C24H28N6OS. The van der Waals surface area contributed by atoms with Gasteiger partial charge in [0.1, 0.15) is 0 Å². The summed E-state index contributed by atoms with van der Waals surface area (Å²) in [5.41, 5.74) is 3.69. The van der Waals surface area contributed by atoms with Crippen LogP contribution in [0.5, 0.6) is 0 Å². The largest absolute Gasteiger partial charge is 0.368 e. The van der Waals surface area contributed by atoms with Crippen LogP contribution in [-0.4, -0.2) is 83.7 Å². The molecule has 0 radical (unpaired) electrons. The molecule has 0 saturated carbocycles. The lowest BCUT2D eigenvalue weighted by Gasteiger charge is -2.39. The maximum atomic E-state index is 12.7. The summed E-state index contributed by atoms with van der Waals surface area (Å²) in [4.78, 5) is 24.2. The number of nitrogens with zero attached hydrogens (tertiary/aromatic N) is 5. The van der Waals surface area contributed by atoms with Crippen LogP contribution in [0.1, 0.15) is 12.0 Å². The number of nitriles is 1. The van der Waals surface area contributed by atoms with E-state index in [1.54, 1.807) is 12.3 Å². The average molecular weight is 449 g/mol. The molecule has 0 aliphatic carbocycles. The molecule has 5 rings (SSSR count). The Hall–Kier alpha value is -2.60. The second kappa shape index (κ2) is 9.49. The first kappa shape index (κ1) is 21.3. The van der Waals surface area contributed by atoms with Crippen LogP contribution >= 0.6 is 11.8 Å². The predicted octanol–water partition coefficient (Wildman–Crippen LogP) is 2.01. The molecule has 7 nitrogen and oxygen atoms in total. The first-order valence-electron chi connectivity index (χ1n) is 11.3. The van der Waals surface area contributed by atoms with Crippen LogP contribution in [0.25, 0.3) is 11.3 Å². The van der Waals surface area contributed by atoms with Crippen LogP contribution in [0.4, 0.5) is 5.69 Å². The number of thioether (sulfide) groups is 1. The van der Waals surface area contributed by atoms with Crippen molar-refractivity contribution >= 4 is 23.4 Å². The van der Waals surface area contributed by atoms with Crippen molar-refractivity contribution in [1.29, 1.82) is 5.26 Å². The third kappa shape index (κ3) is 4.33. The summed E-state index contributed by atoms with van der Waals surface area (Å²) in [6, 6.07) is 14.5. The van der Waals surface area contributed by atoms with Crippen molar-refractivity contribution in [3.05, 3.63) is 48.2 Å². The van der Waals surface area contributed by atoms with Crippen LogP contribution in [0.3, 0.4) is 0 Å². The van der Waals surface area contributed by atoms with Crippen molar-refractivity contribution in [2.45, 2.75) is 18.5 Å². The van der Waals surface area contributed by atoms with Gasteiger partial charge in [-0.2, -0.15) is 5.26 Å². The van der Waals surface area contributed by atoms with E-state index in [2.05, 4.69) is 44.4 Å². The summed E-state index contributed by atoms with van der Waals surface area (Å²) < 4.78 is 0. The normalized spacial score (nSPS) is 24.0. The van der Waals surface area contributed by atoms with Gasteiger partial charge in [0.15, 0.2) is 0 Å². The molecule has 32 heavy (non-hydrogen) atoms. The van der Waals surface area contributed by atoms with Gasteiger partial charge in [-0.25, -0.2) is 0 Å². The summed E-state index contributed by atoms with van der Waals surface area (Å²) in [6.45, 7) is 5.61. The quantitative estimate of drug-likeness (QED) is 0.767. The number of pyridine rings is 1. The monoisotopic (exact) mass is 448 g/mol. The number of piperazine rings is 1. The molecule has 166 valence electrons. The molecule has 2 aromatic rings. The number of carbonyl (C=O) groups is 1. The van der Waals surface area contributed by atoms with E-state index in [1.807, 2.05) is 28.8 Å². The van der Waals surface area contributed by atoms with E-state index in [-0.39, 0.29) is 11.9 Å². The molecule has 0 bridgehead atoms. The van der Waals surface area contributed by atoms with E-state index >= 15 is 0 Å². The number of para-hydroxylation sites is 1. The number of nitrogens with one attached hydrogen (secondary N) is 1. The van der Waals surface area contributed by atoms with Crippen molar-refractivity contribution < 1.29 is 4.79 Å². The van der Waals surface area contributed by atoms with Gasteiger partial charge in [-0.1, -0.05) is 18.2 Å². The molecule has 1 N–H and O–H groups in total. The first-order valence-corrected chi connectivity index (χ1v) is 12.4. The van der Waals surface area contributed by atoms with Crippen molar-refractivity contribution in [2.75, 3.05) is 55.8 Å². The molecule has 3 saturated heterocycles. The van der Waals surface area contributed by atoms with Crippen molar-refractivity contribution in [2.24, 2.45) is 0 Å². The molecule has 1 amide bonds. The Labute approximate surface area is 193 Å². The van der Waals surface area contributed by atoms with Crippen LogP contribution < -0.4 is 10.2 Å². The van der Waals surface area contributed by atoms with Crippen molar-refractivity contribution in [3.63, 3.8) is 0 Å². The number of benzene rings is 1. The number of anilines is 1. The molecular weight excluding hydrogens is 420 g/mol. The third-order valence-corrected chi connectivity index (χ3v) is 7.68. The zero-order valence-corrected chi connectivity index (χ0v) is 18.9. The van der Waals surface area contributed by atoms with Gasteiger partial charge in [-0.05, 0) is 24.6 Å². The minimum absolute atomic E-state index is 0.0315. The highest BCUT2D eigenvalue weighted by Crippen LogP contribution is 2.31. The van der Waals surface area contributed by atoms with Crippen molar-refractivity contribution in [1.82, 2.24) is 20.1 Å². The first-order chi connectivity index (χ1) is 15.7. The Morgan fingerprint density at radius 2 is 2.00 bits per heavy atom. The highest BCUT2D eigenvalue weighted by atomic mass is 32.2. The zero-order chi connectivity index (χ0) is 21.9. The topological polar surface area (TPSA) is 75.5 Å². The second-order valence-electron chi connectivity index (χ2n) is 8.57. The van der Waals surface area contributed by atoms with Crippen molar-refractivity contribution in [3.8, 4) is 17.3 Å². The standard InChI is InChI=1S/C24H28N6OS/c25-15-18-5-6-26-21(13-18)20-3-1-2-4-23(20)29-9-7-28(8-10-29)19-14-22(27-16-19)24(31)30-11-12-32-17-30/h1-6,13,19,22,27H,7-12,14,16-17H2/t19-,22-/m0/s1. The highest BCUT2D eigenvalue weighted by Gasteiger charge is 2.36. The van der Waals surface area contributed by atoms with Gasteiger partial charge in [0.05, 0.1) is 29.2 Å².